The van der Waals surface area contributed by atoms with Crippen molar-refractivity contribution < 1.29 is 4.79 Å². The molecule has 4 heteroatoms. The summed E-state index contributed by atoms with van der Waals surface area (Å²) in [5.41, 5.74) is 7.37. The van der Waals surface area contributed by atoms with Crippen molar-refractivity contribution in [3.05, 3.63) is 42.1 Å². The fraction of sp³-hybridized carbons (Fsp3) is 0.333. The number of carbonyl (C=O) groups excluding carboxylic acids is 1. The minimum Gasteiger partial charge on any atom is -0.352 e. The minimum absolute atomic E-state index is 0.0611. The smallest absolute Gasteiger partial charge is 0.251 e. The van der Waals surface area contributed by atoms with Gasteiger partial charge in [-0.25, -0.2) is 0 Å². The number of amides is 1. The molecule has 1 heterocycles. The number of fused-ring (bicyclic) bond motifs is 1. The highest BCUT2D eigenvalue weighted by Crippen LogP contribution is 2.13. The fourth-order valence-corrected chi connectivity index (χ4v) is 1.89. The molecule has 0 bridgehead atoms. The summed E-state index contributed by atoms with van der Waals surface area (Å²) in [5.74, 6) is -0.0611. The van der Waals surface area contributed by atoms with Crippen LogP contribution in [0.2, 0.25) is 0 Å². The largest absolute Gasteiger partial charge is 0.352 e. The van der Waals surface area contributed by atoms with Crippen LogP contribution in [0.4, 0.5) is 0 Å². The summed E-state index contributed by atoms with van der Waals surface area (Å²) in [6, 6.07) is 9.49. The summed E-state index contributed by atoms with van der Waals surface area (Å²) >= 11 is 0. The Hall–Kier alpha value is -1.94. The van der Waals surface area contributed by atoms with Gasteiger partial charge in [0.15, 0.2) is 0 Å². The Bertz CT molecular complexity index is 568. The topological polar surface area (TPSA) is 68.0 Å². The van der Waals surface area contributed by atoms with Crippen molar-refractivity contribution >= 4 is 16.8 Å². The van der Waals surface area contributed by atoms with E-state index >= 15 is 0 Å². The van der Waals surface area contributed by atoms with E-state index in [9.17, 15) is 4.79 Å². The van der Waals surface area contributed by atoms with Crippen LogP contribution in [0, 0.1) is 0 Å². The molecule has 2 rings (SSSR count). The van der Waals surface area contributed by atoms with E-state index in [-0.39, 0.29) is 11.9 Å². The lowest BCUT2D eigenvalue weighted by atomic mass is 10.1. The van der Waals surface area contributed by atoms with Gasteiger partial charge in [-0.2, -0.15) is 0 Å². The van der Waals surface area contributed by atoms with E-state index in [2.05, 4.69) is 10.3 Å². The third-order valence-electron chi connectivity index (χ3n) is 3.19. The first kappa shape index (κ1) is 13.5. The van der Waals surface area contributed by atoms with Crippen LogP contribution in [-0.2, 0) is 0 Å². The van der Waals surface area contributed by atoms with Crippen molar-refractivity contribution in [3.63, 3.8) is 0 Å². The molecule has 0 saturated heterocycles. The number of nitrogens with one attached hydrogen (secondary N) is 1. The highest BCUT2D eigenvalue weighted by Gasteiger charge is 2.07. The minimum atomic E-state index is -0.0611. The van der Waals surface area contributed by atoms with Crippen molar-refractivity contribution in [3.8, 4) is 0 Å². The SMILES string of the molecule is CCC(N)CCNC(=O)c1ccc2ncccc2c1. The number of carbonyl (C=O) groups is 1. The van der Waals surface area contributed by atoms with Crippen molar-refractivity contribution in [2.45, 2.75) is 25.8 Å². The monoisotopic (exact) mass is 257 g/mol. The van der Waals surface area contributed by atoms with E-state index in [1.807, 2.05) is 31.2 Å². The molecule has 0 aliphatic heterocycles. The van der Waals surface area contributed by atoms with Gasteiger partial charge < -0.3 is 11.1 Å². The fourth-order valence-electron chi connectivity index (χ4n) is 1.89. The Morgan fingerprint density at radius 1 is 1.42 bits per heavy atom. The second-order valence-electron chi connectivity index (χ2n) is 4.62. The highest BCUT2D eigenvalue weighted by atomic mass is 16.1. The Morgan fingerprint density at radius 2 is 2.26 bits per heavy atom. The Kier molecular flexibility index (Phi) is 4.47. The molecule has 0 fully saturated rings. The van der Waals surface area contributed by atoms with E-state index in [1.165, 1.54) is 0 Å². The van der Waals surface area contributed by atoms with Gasteiger partial charge in [-0.05, 0) is 37.1 Å². The maximum atomic E-state index is 12.0. The standard InChI is InChI=1S/C15H19N3O/c1-2-13(16)7-9-18-15(19)12-5-6-14-11(10-12)4-3-8-17-14/h3-6,8,10,13H,2,7,9,16H2,1H3,(H,18,19). The number of nitrogens with zero attached hydrogens (tertiary/aromatic N) is 1. The lowest BCUT2D eigenvalue weighted by molar-refractivity contribution is 0.0952. The molecule has 0 radical (unpaired) electrons. The molecular weight excluding hydrogens is 238 g/mol. The predicted molar refractivity (Wildman–Crippen MR) is 77.0 cm³/mol. The number of pyridine rings is 1. The second kappa shape index (κ2) is 6.29. The molecule has 0 aliphatic rings. The maximum absolute atomic E-state index is 12.0. The quantitative estimate of drug-likeness (QED) is 0.861. The van der Waals surface area contributed by atoms with Crippen molar-refractivity contribution in [2.24, 2.45) is 5.73 Å². The number of nitrogens with two attached hydrogens (primary N) is 1. The average Bonchev–Trinajstić information content (AvgIpc) is 2.46. The van der Waals surface area contributed by atoms with Crippen LogP contribution in [-0.4, -0.2) is 23.5 Å². The predicted octanol–water partition coefficient (Wildman–Crippen LogP) is 2.09. The average molecular weight is 257 g/mol. The van der Waals surface area contributed by atoms with Gasteiger partial charge in [-0.3, -0.25) is 9.78 Å². The number of rotatable bonds is 5. The van der Waals surface area contributed by atoms with Gasteiger partial charge in [0.2, 0.25) is 0 Å². The summed E-state index contributed by atoms with van der Waals surface area (Å²) < 4.78 is 0. The third kappa shape index (κ3) is 3.51. The first-order valence-corrected chi connectivity index (χ1v) is 6.59. The zero-order chi connectivity index (χ0) is 13.7. The Labute approximate surface area is 113 Å². The van der Waals surface area contributed by atoms with Gasteiger partial charge in [-0.15, -0.1) is 0 Å². The summed E-state index contributed by atoms with van der Waals surface area (Å²) in [5, 5.41) is 3.86. The number of benzene rings is 1. The molecule has 0 aliphatic carbocycles. The second-order valence-corrected chi connectivity index (χ2v) is 4.62. The van der Waals surface area contributed by atoms with E-state index in [0.717, 1.165) is 23.7 Å². The zero-order valence-electron chi connectivity index (χ0n) is 11.1. The van der Waals surface area contributed by atoms with Crippen molar-refractivity contribution in [1.82, 2.24) is 10.3 Å². The van der Waals surface area contributed by atoms with Crippen LogP contribution in [0.15, 0.2) is 36.5 Å². The van der Waals surface area contributed by atoms with Crippen LogP contribution in [0.5, 0.6) is 0 Å². The van der Waals surface area contributed by atoms with E-state index < -0.39 is 0 Å². The normalized spacial score (nSPS) is 12.3. The van der Waals surface area contributed by atoms with Crippen LogP contribution in [0.1, 0.15) is 30.1 Å². The summed E-state index contributed by atoms with van der Waals surface area (Å²) in [4.78, 5) is 16.2. The number of aromatic nitrogens is 1. The molecule has 2 aromatic rings. The van der Waals surface area contributed by atoms with Gasteiger partial charge in [0.1, 0.15) is 0 Å². The molecule has 1 atom stereocenters. The molecule has 1 aromatic carbocycles. The molecule has 0 spiro atoms. The van der Waals surface area contributed by atoms with Crippen LogP contribution in [0.25, 0.3) is 10.9 Å². The molecule has 19 heavy (non-hydrogen) atoms. The molecule has 100 valence electrons. The summed E-state index contributed by atoms with van der Waals surface area (Å²) in [6.07, 6.45) is 3.48. The van der Waals surface area contributed by atoms with E-state index in [0.29, 0.717) is 12.1 Å². The van der Waals surface area contributed by atoms with E-state index in [1.54, 1.807) is 12.3 Å². The molecule has 1 aromatic heterocycles. The Morgan fingerprint density at radius 3 is 3.05 bits per heavy atom. The molecule has 1 amide bonds. The van der Waals surface area contributed by atoms with Gasteiger partial charge in [0.25, 0.3) is 5.91 Å². The highest BCUT2D eigenvalue weighted by molar-refractivity contribution is 5.97. The van der Waals surface area contributed by atoms with Gasteiger partial charge in [0.05, 0.1) is 5.52 Å². The Balaban J connectivity index is 2.01. The van der Waals surface area contributed by atoms with Gasteiger partial charge >= 0.3 is 0 Å². The van der Waals surface area contributed by atoms with Crippen LogP contribution < -0.4 is 11.1 Å². The van der Waals surface area contributed by atoms with Gasteiger partial charge in [-0.1, -0.05) is 13.0 Å². The molecule has 3 N–H and O–H groups in total. The summed E-state index contributed by atoms with van der Waals surface area (Å²) in [6.45, 7) is 2.65. The summed E-state index contributed by atoms with van der Waals surface area (Å²) in [7, 11) is 0. The van der Waals surface area contributed by atoms with E-state index in [4.69, 9.17) is 5.73 Å². The molecule has 0 saturated carbocycles. The zero-order valence-corrected chi connectivity index (χ0v) is 11.1. The van der Waals surface area contributed by atoms with Crippen LogP contribution >= 0.6 is 0 Å². The van der Waals surface area contributed by atoms with Crippen LogP contribution in [0.3, 0.4) is 0 Å². The van der Waals surface area contributed by atoms with Crippen molar-refractivity contribution in [2.75, 3.05) is 6.54 Å². The maximum Gasteiger partial charge on any atom is 0.251 e. The third-order valence-corrected chi connectivity index (χ3v) is 3.19. The first-order valence-electron chi connectivity index (χ1n) is 6.59. The first-order chi connectivity index (χ1) is 9.20. The molecule has 4 nitrogen and oxygen atoms in total. The molecular formula is C15H19N3O. The van der Waals surface area contributed by atoms with Crippen molar-refractivity contribution in [1.29, 1.82) is 0 Å². The molecule has 1 unspecified atom stereocenters. The lowest BCUT2D eigenvalue weighted by Crippen LogP contribution is -2.30. The van der Waals surface area contributed by atoms with Gasteiger partial charge in [0, 0.05) is 29.7 Å². The number of hydrogen-bond acceptors (Lipinski definition) is 3. The number of hydrogen-bond donors (Lipinski definition) is 2. The lowest BCUT2D eigenvalue weighted by Gasteiger charge is -2.09.